The first-order valence-corrected chi connectivity index (χ1v) is 11.1. The van der Waals surface area contributed by atoms with Crippen LogP contribution in [0.15, 0.2) is 59.5 Å². The molecule has 0 bridgehead atoms. The Balaban J connectivity index is 1.69. The van der Waals surface area contributed by atoms with Crippen molar-refractivity contribution in [1.82, 2.24) is 0 Å². The molecule has 1 unspecified atom stereocenters. The molecule has 156 valence electrons. The summed E-state index contributed by atoms with van der Waals surface area (Å²) in [6, 6.07) is 13.5. The van der Waals surface area contributed by atoms with Crippen LogP contribution in [0.4, 0.5) is 5.69 Å². The van der Waals surface area contributed by atoms with Crippen LogP contribution in [0, 0.1) is 6.92 Å². The Morgan fingerprint density at radius 2 is 2.03 bits per heavy atom. The Hall–Kier alpha value is -3.09. The average molecular weight is 452 g/mol. The van der Waals surface area contributed by atoms with Crippen molar-refractivity contribution in [3.05, 3.63) is 86.1 Å². The van der Waals surface area contributed by atoms with Crippen LogP contribution in [0.1, 0.15) is 27.6 Å². The van der Waals surface area contributed by atoms with E-state index in [1.807, 2.05) is 36.6 Å². The SMILES string of the molecule is Cc1ccc(N2C(=O)C(=O)/C(=C(\O)c3ccc4c(c3)CCO4)C2c2cccs2)cc1Cl. The predicted octanol–water partition coefficient (Wildman–Crippen LogP) is 5.27. The molecule has 2 aliphatic rings. The molecule has 1 aromatic heterocycles. The molecule has 1 N–H and O–H groups in total. The normalized spacial score (nSPS) is 19.5. The lowest BCUT2D eigenvalue weighted by Gasteiger charge is -2.24. The molecule has 5 rings (SSSR count). The van der Waals surface area contributed by atoms with Crippen LogP contribution in [0.5, 0.6) is 5.75 Å². The number of nitrogens with zero attached hydrogens (tertiary/aromatic N) is 1. The summed E-state index contributed by atoms with van der Waals surface area (Å²) in [6.45, 7) is 2.46. The Kier molecular flexibility index (Phi) is 4.84. The molecular weight excluding hydrogens is 434 g/mol. The standard InChI is InChI=1S/C24H18ClNO4S/c1-13-4-6-16(12-17(13)25)26-21(19-3-2-10-31-19)20(23(28)24(26)29)22(27)15-5-7-18-14(11-15)8-9-30-18/h2-7,10-12,21,27H,8-9H2,1H3/b22-20-. The third kappa shape index (κ3) is 3.23. The van der Waals surface area contributed by atoms with Crippen molar-refractivity contribution in [2.45, 2.75) is 19.4 Å². The van der Waals surface area contributed by atoms with Gasteiger partial charge in [-0.05, 0) is 59.8 Å². The highest BCUT2D eigenvalue weighted by molar-refractivity contribution is 7.10. The van der Waals surface area contributed by atoms with Crippen molar-refractivity contribution in [2.75, 3.05) is 11.5 Å². The van der Waals surface area contributed by atoms with Gasteiger partial charge in [-0.1, -0.05) is 23.7 Å². The summed E-state index contributed by atoms with van der Waals surface area (Å²) in [5.74, 6) is -0.818. The lowest BCUT2D eigenvalue weighted by molar-refractivity contribution is -0.132. The number of ether oxygens (including phenoxy) is 1. The van der Waals surface area contributed by atoms with Gasteiger partial charge < -0.3 is 9.84 Å². The zero-order valence-corrected chi connectivity index (χ0v) is 18.2. The number of halogens is 1. The molecule has 1 fully saturated rings. The number of hydrogen-bond acceptors (Lipinski definition) is 5. The lowest BCUT2D eigenvalue weighted by Crippen LogP contribution is -2.29. The van der Waals surface area contributed by atoms with Crippen molar-refractivity contribution < 1.29 is 19.4 Å². The number of anilines is 1. The minimum Gasteiger partial charge on any atom is -0.507 e. The maximum Gasteiger partial charge on any atom is 0.300 e. The summed E-state index contributed by atoms with van der Waals surface area (Å²) in [5, 5.41) is 13.6. The highest BCUT2D eigenvalue weighted by Gasteiger charge is 2.47. The largest absolute Gasteiger partial charge is 0.507 e. The molecule has 0 radical (unpaired) electrons. The molecule has 2 aromatic carbocycles. The highest BCUT2D eigenvalue weighted by Crippen LogP contribution is 2.44. The summed E-state index contributed by atoms with van der Waals surface area (Å²) in [5.41, 5.74) is 2.91. The number of aliphatic hydroxyl groups is 1. The second-order valence-electron chi connectivity index (χ2n) is 7.54. The van der Waals surface area contributed by atoms with Crippen molar-refractivity contribution in [2.24, 2.45) is 0 Å². The van der Waals surface area contributed by atoms with Gasteiger partial charge in [-0.3, -0.25) is 14.5 Å². The number of amides is 1. The van der Waals surface area contributed by atoms with Crippen LogP contribution < -0.4 is 9.64 Å². The second-order valence-corrected chi connectivity index (χ2v) is 8.93. The second kappa shape index (κ2) is 7.55. The van der Waals surface area contributed by atoms with Gasteiger partial charge in [0.05, 0.1) is 12.2 Å². The van der Waals surface area contributed by atoms with Crippen molar-refractivity contribution in [3.63, 3.8) is 0 Å². The molecule has 1 atom stereocenters. The van der Waals surface area contributed by atoms with Gasteiger partial charge in [0.15, 0.2) is 0 Å². The monoisotopic (exact) mass is 451 g/mol. The zero-order chi connectivity index (χ0) is 21.7. The van der Waals surface area contributed by atoms with E-state index in [4.69, 9.17) is 16.3 Å². The molecule has 0 aliphatic carbocycles. The maximum atomic E-state index is 13.1. The van der Waals surface area contributed by atoms with Gasteiger partial charge in [-0.2, -0.15) is 0 Å². The summed E-state index contributed by atoms with van der Waals surface area (Å²) in [4.78, 5) is 28.4. The molecule has 5 nitrogen and oxygen atoms in total. The summed E-state index contributed by atoms with van der Waals surface area (Å²) >= 11 is 7.73. The van der Waals surface area contributed by atoms with Crippen LogP contribution in [-0.2, 0) is 16.0 Å². The fourth-order valence-corrected chi connectivity index (χ4v) is 5.03. The van der Waals surface area contributed by atoms with E-state index in [1.165, 1.54) is 16.2 Å². The smallest absolute Gasteiger partial charge is 0.300 e. The third-order valence-electron chi connectivity index (χ3n) is 5.65. The molecule has 0 spiro atoms. The Morgan fingerprint density at radius 3 is 2.77 bits per heavy atom. The highest BCUT2D eigenvalue weighted by atomic mass is 35.5. The van der Waals surface area contributed by atoms with Crippen LogP contribution in [0.2, 0.25) is 5.02 Å². The van der Waals surface area contributed by atoms with E-state index < -0.39 is 17.7 Å². The quantitative estimate of drug-likeness (QED) is 0.334. The first-order chi connectivity index (χ1) is 15.0. The Labute approximate surface area is 188 Å². The van der Waals surface area contributed by atoms with Crippen molar-refractivity contribution in [1.29, 1.82) is 0 Å². The Morgan fingerprint density at radius 1 is 1.19 bits per heavy atom. The fraction of sp³-hybridized carbons (Fsp3) is 0.167. The van der Waals surface area contributed by atoms with Gasteiger partial charge in [0.1, 0.15) is 17.6 Å². The molecule has 1 saturated heterocycles. The van der Waals surface area contributed by atoms with Gasteiger partial charge in [0.2, 0.25) is 0 Å². The van der Waals surface area contributed by atoms with Gasteiger partial charge in [0.25, 0.3) is 11.7 Å². The number of benzene rings is 2. The third-order valence-corrected chi connectivity index (χ3v) is 6.99. The number of rotatable bonds is 3. The summed E-state index contributed by atoms with van der Waals surface area (Å²) in [6.07, 6.45) is 0.737. The van der Waals surface area contributed by atoms with E-state index in [0.29, 0.717) is 22.9 Å². The van der Waals surface area contributed by atoms with Crippen LogP contribution >= 0.6 is 22.9 Å². The number of carbonyl (C=O) groups excluding carboxylic acids is 2. The number of fused-ring (bicyclic) bond motifs is 1. The number of aryl methyl sites for hydroxylation is 1. The number of hydrogen-bond donors (Lipinski definition) is 1. The van der Waals surface area contributed by atoms with Crippen molar-refractivity contribution in [3.8, 4) is 5.75 Å². The fourth-order valence-electron chi connectivity index (χ4n) is 4.04. The number of ketones is 1. The lowest BCUT2D eigenvalue weighted by atomic mass is 9.98. The van der Waals surface area contributed by atoms with Crippen molar-refractivity contribution >= 4 is 46.1 Å². The predicted molar refractivity (Wildman–Crippen MR) is 121 cm³/mol. The zero-order valence-electron chi connectivity index (χ0n) is 16.6. The summed E-state index contributed by atoms with van der Waals surface area (Å²) < 4.78 is 5.53. The minimum absolute atomic E-state index is 0.0722. The van der Waals surface area contributed by atoms with E-state index in [9.17, 15) is 14.7 Å². The van der Waals surface area contributed by atoms with Gasteiger partial charge in [0, 0.05) is 27.6 Å². The van der Waals surface area contributed by atoms with E-state index in [1.54, 1.807) is 24.3 Å². The number of Topliss-reactive ketones (excluding diaryl/α,β-unsaturated/α-hetero) is 1. The number of carbonyl (C=O) groups is 2. The topological polar surface area (TPSA) is 66.8 Å². The summed E-state index contributed by atoms with van der Waals surface area (Å²) in [7, 11) is 0. The molecule has 3 heterocycles. The molecular formula is C24H18ClNO4S. The molecule has 0 saturated carbocycles. The average Bonchev–Trinajstić information content (AvgIpc) is 3.50. The molecule has 1 amide bonds. The van der Waals surface area contributed by atoms with Gasteiger partial charge >= 0.3 is 0 Å². The maximum absolute atomic E-state index is 13.1. The van der Waals surface area contributed by atoms with E-state index in [0.717, 1.165) is 28.2 Å². The van der Waals surface area contributed by atoms with E-state index in [-0.39, 0.29) is 11.3 Å². The minimum atomic E-state index is -0.733. The van der Waals surface area contributed by atoms with Crippen LogP contribution in [0.3, 0.4) is 0 Å². The van der Waals surface area contributed by atoms with Crippen LogP contribution in [0.25, 0.3) is 5.76 Å². The Bertz CT molecular complexity index is 1250. The van der Waals surface area contributed by atoms with Gasteiger partial charge in [-0.15, -0.1) is 11.3 Å². The number of thiophene rings is 1. The molecule has 3 aromatic rings. The van der Waals surface area contributed by atoms with Gasteiger partial charge in [-0.25, -0.2) is 0 Å². The molecule has 2 aliphatic heterocycles. The number of aliphatic hydroxyl groups excluding tert-OH is 1. The molecule has 31 heavy (non-hydrogen) atoms. The van der Waals surface area contributed by atoms with E-state index in [2.05, 4.69) is 0 Å². The first-order valence-electron chi connectivity index (χ1n) is 9.82. The molecule has 7 heteroatoms. The van der Waals surface area contributed by atoms with E-state index >= 15 is 0 Å². The first kappa shape index (κ1) is 19.8. The van der Waals surface area contributed by atoms with Crippen LogP contribution in [-0.4, -0.2) is 23.4 Å².